The maximum Gasteiger partial charge on any atom is 0.266 e. The van der Waals surface area contributed by atoms with Crippen molar-refractivity contribution in [3.8, 4) is 22.5 Å². The van der Waals surface area contributed by atoms with Crippen molar-refractivity contribution in [3.05, 3.63) is 71.2 Å². The molecule has 4 aromatic rings. The third kappa shape index (κ3) is 6.49. The topological polar surface area (TPSA) is 160 Å². The smallest absolute Gasteiger partial charge is 0.266 e. The lowest BCUT2D eigenvalue weighted by molar-refractivity contribution is -0.492. The predicted molar refractivity (Wildman–Crippen MR) is 146 cm³/mol. The van der Waals surface area contributed by atoms with Crippen LogP contribution in [0.5, 0.6) is 0 Å². The van der Waals surface area contributed by atoms with Crippen molar-refractivity contribution < 1.29 is 24.8 Å². The van der Waals surface area contributed by atoms with Crippen LogP contribution in [0.1, 0.15) is 53.1 Å². The quantitative estimate of drug-likeness (QED) is 0.216. The van der Waals surface area contributed by atoms with Crippen molar-refractivity contribution in [2.45, 2.75) is 52.5 Å². The molecule has 13 heteroatoms. The summed E-state index contributed by atoms with van der Waals surface area (Å²) in [5.41, 5.74) is 5.42. The van der Waals surface area contributed by atoms with E-state index in [0.717, 1.165) is 38.3 Å². The predicted octanol–water partition coefficient (Wildman–Crippen LogP) is 3.72. The molecule has 0 unspecified atom stereocenters. The summed E-state index contributed by atoms with van der Waals surface area (Å²) < 4.78 is 0. The first-order valence-corrected chi connectivity index (χ1v) is 13.3. The molecular weight excluding hydrogens is 528 g/mol. The van der Waals surface area contributed by atoms with E-state index >= 15 is 0 Å². The second-order valence-corrected chi connectivity index (χ2v) is 9.72. The number of carbonyl (C=O) groups excluding carboxylic acids is 2. The summed E-state index contributed by atoms with van der Waals surface area (Å²) in [5, 5.41) is 29.1. The zero-order valence-electron chi connectivity index (χ0n) is 22.8. The Morgan fingerprint density at radius 3 is 2.51 bits per heavy atom. The van der Waals surface area contributed by atoms with E-state index < -0.39 is 0 Å². The number of hydrogen-bond acceptors (Lipinski definition) is 11. The summed E-state index contributed by atoms with van der Waals surface area (Å²) in [6.07, 6.45) is 2.12. The Labute approximate surface area is 235 Å². The van der Waals surface area contributed by atoms with Crippen LogP contribution in [0.15, 0.2) is 48.5 Å². The molecule has 5 rings (SSSR count). The van der Waals surface area contributed by atoms with Crippen LogP contribution in [0.3, 0.4) is 0 Å². The highest BCUT2D eigenvalue weighted by molar-refractivity contribution is 5.95. The van der Waals surface area contributed by atoms with Gasteiger partial charge in [0.2, 0.25) is 11.7 Å². The average molecular weight is 559 g/mol. The first-order chi connectivity index (χ1) is 19.8. The van der Waals surface area contributed by atoms with Gasteiger partial charge in [0.05, 0.1) is 18.5 Å². The van der Waals surface area contributed by atoms with Gasteiger partial charge in [-0.25, -0.2) is 9.97 Å². The SMILES string of the molecule is Cc1nc(C)c2c(n1)N(Cc1ccc(-c3ccccc3-c3nnn(C(=O)CCCCON(O)O)n3)cc1)C(=O)CC2. The number of aryl methyl sites for hydroxylation is 2. The second-order valence-electron chi connectivity index (χ2n) is 9.72. The Bertz CT molecular complexity index is 1550. The van der Waals surface area contributed by atoms with Crippen molar-refractivity contribution >= 4 is 17.6 Å². The summed E-state index contributed by atoms with van der Waals surface area (Å²) in [5.74, 6) is 1.37. The molecule has 0 spiro atoms. The molecule has 2 aromatic carbocycles. The molecule has 3 heterocycles. The molecule has 1 amide bonds. The summed E-state index contributed by atoms with van der Waals surface area (Å²) in [6, 6.07) is 15.5. The highest BCUT2D eigenvalue weighted by Crippen LogP contribution is 2.32. The number of aromatic nitrogens is 6. The number of tetrazole rings is 1. The lowest BCUT2D eigenvalue weighted by Crippen LogP contribution is -2.36. The van der Waals surface area contributed by atoms with Crippen LogP contribution in [0.2, 0.25) is 0 Å². The summed E-state index contributed by atoms with van der Waals surface area (Å²) in [6.45, 7) is 4.25. The zero-order valence-corrected chi connectivity index (χ0v) is 22.8. The molecule has 212 valence electrons. The van der Waals surface area contributed by atoms with Crippen molar-refractivity contribution in [2.24, 2.45) is 0 Å². The fourth-order valence-corrected chi connectivity index (χ4v) is 4.84. The van der Waals surface area contributed by atoms with Gasteiger partial charge in [0.1, 0.15) is 11.6 Å². The Balaban J connectivity index is 1.30. The molecule has 0 aliphatic carbocycles. The van der Waals surface area contributed by atoms with E-state index in [-0.39, 0.29) is 30.2 Å². The van der Waals surface area contributed by atoms with E-state index in [0.29, 0.717) is 49.7 Å². The van der Waals surface area contributed by atoms with Crippen molar-refractivity contribution in [3.63, 3.8) is 0 Å². The number of fused-ring (bicyclic) bond motifs is 1. The van der Waals surface area contributed by atoms with Crippen LogP contribution >= 0.6 is 0 Å². The van der Waals surface area contributed by atoms with Crippen LogP contribution in [0.25, 0.3) is 22.5 Å². The number of hydrogen-bond donors (Lipinski definition) is 2. The van der Waals surface area contributed by atoms with E-state index in [1.807, 2.05) is 62.4 Å². The summed E-state index contributed by atoms with van der Waals surface area (Å²) in [4.78, 5) is 41.6. The largest absolute Gasteiger partial charge is 0.292 e. The van der Waals surface area contributed by atoms with Crippen molar-refractivity contribution in [2.75, 3.05) is 11.5 Å². The van der Waals surface area contributed by atoms with Crippen molar-refractivity contribution in [1.82, 2.24) is 35.6 Å². The standard InChI is InChI=1S/C28H30N8O5/c1-18-22-14-15-25(37)34(28(22)30-19(2)29-18)17-20-10-12-21(13-11-20)23-7-3-4-8-24(23)27-31-33-35(32-27)26(38)9-5-6-16-41-36(39)40/h3-4,7-8,10-13,39-40H,5-6,9,14-17H2,1-2H3. The van der Waals surface area contributed by atoms with Gasteiger partial charge in [0, 0.05) is 29.7 Å². The van der Waals surface area contributed by atoms with Gasteiger partial charge in [-0.2, -0.15) is 0 Å². The van der Waals surface area contributed by atoms with Gasteiger partial charge in [-0.15, -0.1) is 10.2 Å². The van der Waals surface area contributed by atoms with Gasteiger partial charge in [-0.3, -0.25) is 29.7 Å². The lowest BCUT2D eigenvalue weighted by Gasteiger charge is -2.29. The number of carbonyl (C=O) groups is 2. The minimum absolute atomic E-state index is 0.0448. The van der Waals surface area contributed by atoms with Gasteiger partial charge in [0.15, 0.2) is 0 Å². The number of anilines is 1. The summed E-state index contributed by atoms with van der Waals surface area (Å²) >= 11 is 0. The van der Waals surface area contributed by atoms with E-state index in [9.17, 15) is 9.59 Å². The third-order valence-corrected chi connectivity index (χ3v) is 6.85. The van der Waals surface area contributed by atoms with Gasteiger partial charge in [-0.05, 0) is 55.0 Å². The Morgan fingerprint density at radius 1 is 1.00 bits per heavy atom. The fourth-order valence-electron chi connectivity index (χ4n) is 4.84. The van der Waals surface area contributed by atoms with Crippen LogP contribution in [-0.4, -0.2) is 64.4 Å². The summed E-state index contributed by atoms with van der Waals surface area (Å²) in [7, 11) is 0. The molecule has 2 aromatic heterocycles. The Hall–Kier alpha value is -4.43. The highest BCUT2D eigenvalue weighted by Gasteiger charge is 2.27. The fraction of sp³-hybridized carbons (Fsp3) is 0.321. The van der Waals surface area contributed by atoms with Crippen LogP contribution in [0.4, 0.5) is 5.82 Å². The monoisotopic (exact) mass is 558 g/mol. The van der Waals surface area contributed by atoms with E-state index in [1.54, 1.807) is 4.90 Å². The molecule has 0 saturated carbocycles. The number of benzene rings is 2. The highest BCUT2D eigenvalue weighted by atomic mass is 17.1. The van der Waals surface area contributed by atoms with Crippen molar-refractivity contribution in [1.29, 1.82) is 0 Å². The number of rotatable bonds is 10. The van der Waals surface area contributed by atoms with E-state index in [1.165, 1.54) is 0 Å². The number of nitrogens with zero attached hydrogens (tertiary/aromatic N) is 8. The molecule has 0 atom stereocenters. The normalized spacial score (nSPS) is 13.1. The first-order valence-electron chi connectivity index (χ1n) is 13.3. The lowest BCUT2D eigenvalue weighted by atomic mass is 9.98. The number of unbranched alkanes of at least 4 members (excludes halogenated alkanes) is 1. The van der Waals surface area contributed by atoms with Gasteiger partial charge < -0.3 is 0 Å². The number of amides is 1. The van der Waals surface area contributed by atoms with E-state index in [2.05, 4.69) is 30.2 Å². The average Bonchev–Trinajstić information content (AvgIpc) is 3.45. The van der Waals surface area contributed by atoms with Crippen LogP contribution in [0, 0.1) is 13.8 Å². The molecule has 0 fully saturated rings. The Kier molecular flexibility index (Phi) is 8.50. The third-order valence-electron chi connectivity index (χ3n) is 6.85. The molecule has 1 aliphatic rings. The Morgan fingerprint density at radius 2 is 1.76 bits per heavy atom. The maximum absolute atomic E-state index is 12.8. The molecule has 2 N–H and O–H groups in total. The van der Waals surface area contributed by atoms with Gasteiger partial charge in [0.25, 0.3) is 5.91 Å². The second kappa shape index (κ2) is 12.4. The van der Waals surface area contributed by atoms with Gasteiger partial charge >= 0.3 is 0 Å². The van der Waals surface area contributed by atoms with E-state index in [4.69, 9.17) is 10.4 Å². The van der Waals surface area contributed by atoms with Crippen LogP contribution in [-0.2, 0) is 22.6 Å². The molecule has 13 nitrogen and oxygen atoms in total. The molecule has 41 heavy (non-hydrogen) atoms. The molecule has 0 bridgehead atoms. The maximum atomic E-state index is 12.8. The first kappa shape index (κ1) is 28.1. The minimum Gasteiger partial charge on any atom is -0.292 e. The molecule has 0 radical (unpaired) electrons. The van der Waals surface area contributed by atoms with Gasteiger partial charge in [-0.1, -0.05) is 53.3 Å². The molecule has 0 saturated heterocycles. The molecular formula is C28H30N8O5. The zero-order chi connectivity index (χ0) is 28.9. The molecule has 1 aliphatic heterocycles. The van der Waals surface area contributed by atoms with Crippen LogP contribution < -0.4 is 4.90 Å². The minimum atomic E-state index is -0.357.